The number of carbonyl (C=O) groups excluding carboxylic acids is 2. The highest BCUT2D eigenvalue weighted by Gasteiger charge is 2.34. The van der Waals surface area contributed by atoms with Gasteiger partial charge in [-0.05, 0) is 62.2 Å². The van der Waals surface area contributed by atoms with Gasteiger partial charge in [-0.15, -0.1) is 0 Å². The molecule has 0 saturated carbocycles. The Bertz CT molecular complexity index is 1310. The maximum Gasteiger partial charge on any atom is 0.394 e. The highest BCUT2D eigenvalue weighted by molar-refractivity contribution is 5.81. The minimum absolute atomic E-state index is 0.0245. The summed E-state index contributed by atoms with van der Waals surface area (Å²) in [7, 11) is 0. The molecule has 0 radical (unpaired) electrons. The fourth-order valence-electron chi connectivity index (χ4n) is 5.49. The monoisotopic (exact) mass is 502 g/mol. The van der Waals surface area contributed by atoms with Crippen LogP contribution in [0.1, 0.15) is 30.9 Å². The van der Waals surface area contributed by atoms with Gasteiger partial charge in [0.05, 0.1) is 40.9 Å². The average Bonchev–Trinajstić information content (AvgIpc) is 3.64. The molecule has 0 spiro atoms. The average molecular weight is 503 g/mol. The Morgan fingerprint density at radius 3 is 2.95 bits per heavy atom. The Labute approximate surface area is 215 Å². The number of benzene rings is 1. The Kier molecular flexibility index (Phi) is 6.72. The largest absolute Gasteiger partial charge is 0.471 e. The summed E-state index contributed by atoms with van der Waals surface area (Å²) >= 11 is 0. The van der Waals surface area contributed by atoms with Crippen LogP contribution in [0.2, 0.25) is 0 Å². The predicted molar refractivity (Wildman–Crippen MR) is 140 cm³/mol. The second-order valence-corrected chi connectivity index (χ2v) is 10.0. The number of nitrogens with zero attached hydrogens (tertiary/aromatic N) is 4. The van der Waals surface area contributed by atoms with Gasteiger partial charge >= 0.3 is 12.0 Å². The molecule has 3 aromatic rings. The molecule has 37 heavy (non-hydrogen) atoms. The number of rotatable bonds is 7. The maximum absolute atomic E-state index is 13.4. The van der Waals surface area contributed by atoms with Crippen LogP contribution in [0.5, 0.6) is 11.5 Å². The van der Waals surface area contributed by atoms with Gasteiger partial charge in [-0.3, -0.25) is 14.8 Å². The van der Waals surface area contributed by atoms with Crippen molar-refractivity contribution >= 4 is 28.9 Å². The molecule has 3 atom stereocenters. The second kappa shape index (κ2) is 10.4. The molecule has 9 heteroatoms. The van der Waals surface area contributed by atoms with Crippen LogP contribution in [0, 0.1) is 5.92 Å². The third-order valence-electron chi connectivity index (χ3n) is 7.55. The number of amides is 1. The number of nitrogens with one attached hydrogen (secondary N) is 1. The van der Waals surface area contributed by atoms with E-state index in [2.05, 4.69) is 25.1 Å². The molecular weight excluding hydrogens is 470 g/mol. The highest BCUT2D eigenvalue weighted by Crippen LogP contribution is 2.33. The SMILES string of the molecule is O=C(N[C@H](CN1CCCC1)[C@H](O)c1ccc2c(c1)[O+]=CCO2)[C@@H]1CCN(c2cnc3cccnc3c2)C1. The summed E-state index contributed by atoms with van der Waals surface area (Å²) in [5.74, 6) is 1.05. The fraction of sp³-hybridized carbons (Fsp3) is 0.429. The smallest absolute Gasteiger partial charge is 0.394 e. The van der Waals surface area contributed by atoms with Crippen LogP contribution < -0.4 is 15.0 Å². The number of likely N-dealkylation sites (tertiary alicyclic amines) is 1. The number of pyridine rings is 2. The molecule has 0 unspecified atom stereocenters. The van der Waals surface area contributed by atoms with Crippen molar-refractivity contribution < 1.29 is 19.1 Å². The first-order valence-corrected chi connectivity index (χ1v) is 13.1. The molecule has 5 heterocycles. The Morgan fingerprint density at radius 1 is 1.16 bits per heavy atom. The van der Waals surface area contributed by atoms with E-state index in [1.165, 1.54) is 0 Å². The van der Waals surface area contributed by atoms with Crippen molar-refractivity contribution in [2.75, 3.05) is 44.2 Å². The molecule has 1 amide bonds. The van der Waals surface area contributed by atoms with Crippen LogP contribution in [0.25, 0.3) is 11.0 Å². The molecule has 2 saturated heterocycles. The third kappa shape index (κ3) is 5.14. The first kappa shape index (κ1) is 23.8. The minimum atomic E-state index is -0.867. The Balaban J connectivity index is 1.16. The first-order chi connectivity index (χ1) is 18.1. The number of aliphatic hydroxyl groups is 1. The number of ether oxygens (including phenoxy) is 1. The number of aromatic nitrogens is 2. The van der Waals surface area contributed by atoms with Gasteiger partial charge in [0.1, 0.15) is 6.10 Å². The summed E-state index contributed by atoms with van der Waals surface area (Å²) < 4.78 is 11.2. The zero-order valence-electron chi connectivity index (χ0n) is 20.8. The number of carbonyl (C=O) groups is 1. The van der Waals surface area contributed by atoms with E-state index in [9.17, 15) is 9.90 Å². The second-order valence-electron chi connectivity index (χ2n) is 10.0. The lowest BCUT2D eigenvalue weighted by Crippen LogP contribution is -2.48. The fourth-order valence-corrected chi connectivity index (χ4v) is 5.49. The van der Waals surface area contributed by atoms with E-state index in [0.717, 1.165) is 55.6 Å². The van der Waals surface area contributed by atoms with Crippen molar-refractivity contribution in [3.8, 4) is 11.5 Å². The first-order valence-electron chi connectivity index (χ1n) is 13.1. The van der Waals surface area contributed by atoms with Gasteiger partial charge in [-0.1, -0.05) is 6.07 Å². The normalized spacial score (nSPS) is 21.0. The molecular formula is C28H32N5O4+. The van der Waals surface area contributed by atoms with Gasteiger partial charge in [0.25, 0.3) is 0 Å². The molecule has 2 aromatic heterocycles. The van der Waals surface area contributed by atoms with Gasteiger partial charge in [-0.2, -0.15) is 0 Å². The molecule has 3 aliphatic heterocycles. The molecule has 9 nitrogen and oxygen atoms in total. The molecule has 0 bridgehead atoms. The van der Waals surface area contributed by atoms with E-state index in [0.29, 0.717) is 36.8 Å². The topological polar surface area (TPSA) is 102 Å². The van der Waals surface area contributed by atoms with E-state index in [1.54, 1.807) is 18.5 Å². The van der Waals surface area contributed by atoms with E-state index >= 15 is 0 Å². The van der Waals surface area contributed by atoms with Crippen molar-refractivity contribution in [1.82, 2.24) is 20.2 Å². The lowest BCUT2D eigenvalue weighted by Gasteiger charge is -2.29. The van der Waals surface area contributed by atoms with Crippen molar-refractivity contribution in [1.29, 1.82) is 0 Å². The molecule has 2 fully saturated rings. The van der Waals surface area contributed by atoms with E-state index in [4.69, 9.17) is 9.16 Å². The van der Waals surface area contributed by atoms with Crippen molar-refractivity contribution in [3.63, 3.8) is 0 Å². The van der Waals surface area contributed by atoms with Crippen molar-refractivity contribution in [3.05, 3.63) is 54.4 Å². The number of anilines is 1. The summed E-state index contributed by atoms with van der Waals surface area (Å²) in [6, 6.07) is 10.9. The summed E-state index contributed by atoms with van der Waals surface area (Å²) in [4.78, 5) is 26.9. The van der Waals surface area contributed by atoms with E-state index in [-0.39, 0.29) is 11.8 Å². The lowest BCUT2D eigenvalue weighted by molar-refractivity contribution is -0.367. The van der Waals surface area contributed by atoms with E-state index in [1.807, 2.05) is 36.5 Å². The standard InChI is InChI=1S/C28H31N5O4/c34-27(19-5-6-25-26(14-19)37-13-12-36-25)24(18-32-9-1-2-10-32)31-28(35)20-7-11-33(17-20)21-15-23-22(30-16-21)4-3-8-29-23/h3-6,8,13-16,20,24,27,34H,1-2,7,9-12,17-18H2/p+1/t20-,24-,27-/m1/s1. The van der Waals surface area contributed by atoms with Crippen LogP contribution in [-0.2, 0) is 9.22 Å². The number of aliphatic hydroxyl groups excluding tert-OH is 1. The van der Waals surface area contributed by atoms with E-state index < -0.39 is 12.1 Å². The van der Waals surface area contributed by atoms with Gasteiger partial charge in [0.15, 0.2) is 6.61 Å². The molecule has 2 N–H and O–H groups in total. The Morgan fingerprint density at radius 2 is 2.05 bits per heavy atom. The van der Waals surface area contributed by atoms with Crippen LogP contribution in [-0.4, -0.2) is 77.5 Å². The highest BCUT2D eigenvalue weighted by atomic mass is 16.5. The Hall–Kier alpha value is -3.56. The molecule has 3 aliphatic rings. The third-order valence-corrected chi connectivity index (χ3v) is 7.55. The number of aldehydes is 1. The zero-order valence-corrected chi connectivity index (χ0v) is 20.8. The van der Waals surface area contributed by atoms with Crippen molar-refractivity contribution in [2.45, 2.75) is 31.4 Å². The summed E-state index contributed by atoms with van der Waals surface area (Å²) in [6.07, 6.45) is 7.37. The predicted octanol–water partition coefficient (Wildman–Crippen LogP) is 2.61. The maximum atomic E-state index is 13.4. The number of fused-ring (bicyclic) bond motifs is 2. The van der Waals surface area contributed by atoms with Crippen LogP contribution in [0.3, 0.4) is 0 Å². The van der Waals surface area contributed by atoms with Gasteiger partial charge in [-0.25, -0.2) is 4.42 Å². The zero-order chi connectivity index (χ0) is 25.2. The summed E-state index contributed by atoms with van der Waals surface area (Å²) in [5.41, 5.74) is 3.38. The summed E-state index contributed by atoms with van der Waals surface area (Å²) in [6.45, 7) is 4.34. The minimum Gasteiger partial charge on any atom is -0.471 e. The van der Waals surface area contributed by atoms with Gasteiger partial charge in [0, 0.05) is 25.8 Å². The molecule has 1 aromatic carbocycles. The van der Waals surface area contributed by atoms with Crippen LogP contribution in [0.4, 0.5) is 5.69 Å². The van der Waals surface area contributed by atoms with Gasteiger partial charge in [0.2, 0.25) is 11.7 Å². The lowest BCUT2D eigenvalue weighted by atomic mass is 9.99. The summed E-state index contributed by atoms with van der Waals surface area (Å²) in [5, 5.41) is 14.6. The van der Waals surface area contributed by atoms with Crippen molar-refractivity contribution in [2.24, 2.45) is 5.92 Å². The quantitative estimate of drug-likeness (QED) is 0.378. The molecule has 0 aliphatic carbocycles. The molecule has 6 rings (SSSR count). The van der Waals surface area contributed by atoms with Gasteiger partial charge < -0.3 is 25.0 Å². The number of hydrogen-bond donors (Lipinski definition) is 2. The van der Waals surface area contributed by atoms with Crippen LogP contribution in [0.15, 0.2) is 48.8 Å². The molecule has 192 valence electrons. The number of hydrogen-bond acceptors (Lipinski definition) is 7. The van der Waals surface area contributed by atoms with Crippen LogP contribution >= 0.6 is 0 Å².